The fraction of sp³-hybridized carbons (Fsp3) is 0.412. The van der Waals surface area contributed by atoms with Crippen molar-refractivity contribution in [3.8, 4) is 11.5 Å². The summed E-state index contributed by atoms with van der Waals surface area (Å²) in [6.07, 6.45) is 2.92. The average molecular weight is 355 g/mol. The van der Waals surface area contributed by atoms with E-state index in [2.05, 4.69) is 10.6 Å². The number of halogens is 1. The fourth-order valence-corrected chi connectivity index (χ4v) is 2.22. The number of likely N-dealkylation sites (N-methyl/N-ethyl adjacent to an activating group) is 1. The first-order valence-corrected chi connectivity index (χ1v) is 8.07. The molecule has 0 spiro atoms. The standard InChI is InChI=1S/C17H23ClN2O4/c1-5-19-17(22)11(3)20-15(21)8-7-12-9-13(18)16(24-6-2)14(10-12)23-4/h7-11H,5-6H2,1-4H3,(H,19,22)(H,20,21)/b8-7+/t11-/m0/s1. The molecule has 0 unspecified atom stereocenters. The van der Waals surface area contributed by atoms with Gasteiger partial charge in [-0.2, -0.15) is 0 Å². The van der Waals surface area contributed by atoms with Gasteiger partial charge in [0.2, 0.25) is 11.8 Å². The number of nitrogens with one attached hydrogen (secondary N) is 2. The van der Waals surface area contributed by atoms with Crippen molar-refractivity contribution < 1.29 is 19.1 Å². The highest BCUT2D eigenvalue weighted by atomic mass is 35.5. The number of benzene rings is 1. The van der Waals surface area contributed by atoms with Gasteiger partial charge in [0.25, 0.3) is 0 Å². The lowest BCUT2D eigenvalue weighted by Crippen LogP contribution is -2.44. The monoisotopic (exact) mass is 354 g/mol. The molecule has 0 saturated carbocycles. The van der Waals surface area contributed by atoms with Crippen LogP contribution in [0.1, 0.15) is 26.3 Å². The minimum Gasteiger partial charge on any atom is -0.493 e. The van der Waals surface area contributed by atoms with Crippen molar-refractivity contribution in [2.24, 2.45) is 0 Å². The van der Waals surface area contributed by atoms with Crippen LogP contribution in [0.15, 0.2) is 18.2 Å². The van der Waals surface area contributed by atoms with Crippen LogP contribution in [0.2, 0.25) is 5.02 Å². The molecule has 0 saturated heterocycles. The molecule has 1 rings (SSSR count). The third-order valence-electron chi connectivity index (χ3n) is 3.07. The van der Waals surface area contributed by atoms with Gasteiger partial charge in [-0.25, -0.2) is 0 Å². The van der Waals surface area contributed by atoms with Gasteiger partial charge in [-0.1, -0.05) is 11.6 Å². The molecule has 0 bridgehead atoms. The van der Waals surface area contributed by atoms with Crippen LogP contribution in [0.4, 0.5) is 0 Å². The molecule has 0 radical (unpaired) electrons. The van der Waals surface area contributed by atoms with Crippen molar-refractivity contribution in [2.45, 2.75) is 26.8 Å². The van der Waals surface area contributed by atoms with Crippen LogP contribution >= 0.6 is 11.6 Å². The fourth-order valence-electron chi connectivity index (χ4n) is 1.95. The summed E-state index contributed by atoms with van der Waals surface area (Å²) in [4.78, 5) is 23.5. The average Bonchev–Trinajstić information content (AvgIpc) is 2.55. The lowest BCUT2D eigenvalue weighted by atomic mass is 10.2. The maximum atomic E-state index is 11.9. The van der Waals surface area contributed by atoms with Gasteiger partial charge in [0.05, 0.1) is 18.7 Å². The zero-order chi connectivity index (χ0) is 18.1. The van der Waals surface area contributed by atoms with Crippen LogP contribution in [0, 0.1) is 0 Å². The van der Waals surface area contributed by atoms with Crippen LogP contribution in [-0.4, -0.2) is 38.1 Å². The van der Waals surface area contributed by atoms with Crippen LogP contribution in [0.5, 0.6) is 11.5 Å². The molecular formula is C17H23ClN2O4. The van der Waals surface area contributed by atoms with E-state index in [1.165, 1.54) is 13.2 Å². The molecular weight excluding hydrogens is 332 g/mol. The first kappa shape index (κ1) is 19.8. The number of hydrogen-bond donors (Lipinski definition) is 2. The molecule has 1 aromatic carbocycles. The predicted octanol–water partition coefficient (Wildman–Crippen LogP) is 2.40. The third-order valence-corrected chi connectivity index (χ3v) is 3.35. The summed E-state index contributed by atoms with van der Waals surface area (Å²) in [5.41, 5.74) is 0.682. The summed E-state index contributed by atoms with van der Waals surface area (Å²) in [6, 6.07) is 2.78. The maximum absolute atomic E-state index is 11.9. The van der Waals surface area contributed by atoms with Crippen LogP contribution in [-0.2, 0) is 9.59 Å². The van der Waals surface area contributed by atoms with Crippen molar-refractivity contribution in [2.75, 3.05) is 20.3 Å². The van der Waals surface area contributed by atoms with Gasteiger partial charge in [-0.05, 0) is 44.5 Å². The molecule has 1 aromatic rings. The van der Waals surface area contributed by atoms with E-state index >= 15 is 0 Å². The largest absolute Gasteiger partial charge is 0.493 e. The molecule has 0 aliphatic carbocycles. The molecule has 132 valence electrons. The predicted molar refractivity (Wildman–Crippen MR) is 94.5 cm³/mol. The molecule has 1 atom stereocenters. The lowest BCUT2D eigenvalue weighted by molar-refractivity contribution is -0.126. The van der Waals surface area contributed by atoms with Gasteiger partial charge in [-0.3, -0.25) is 9.59 Å². The minimum atomic E-state index is -0.611. The molecule has 0 aliphatic rings. The summed E-state index contributed by atoms with van der Waals surface area (Å²) < 4.78 is 10.7. The van der Waals surface area contributed by atoms with E-state index < -0.39 is 6.04 Å². The Labute approximate surface area is 147 Å². The second-order valence-electron chi connectivity index (χ2n) is 4.93. The Kier molecular flexibility index (Phi) is 8.12. The normalized spacial score (nSPS) is 11.9. The topological polar surface area (TPSA) is 76.7 Å². The quantitative estimate of drug-likeness (QED) is 0.703. The zero-order valence-electron chi connectivity index (χ0n) is 14.3. The van der Waals surface area contributed by atoms with Gasteiger partial charge in [-0.15, -0.1) is 0 Å². The van der Waals surface area contributed by atoms with Crippen LogP contribution in [0.25, 0.3) is 6.08 Å². The molecule has 0 aromatic heterocycles. The Morgan fingerprint density at radius 3 is 2.62 bits per heavy atom. The van der Waals surface area contributed by atoms with Gasteiger partial charge in [0.1, 0.15) is 6.04 Å². The molecule has 0 heterocycles. The van der Waals surface area contributed by atoms with Crippen LogP contribution in [0.3, 0.4) is 0 Å². The van der Waals surface area contributed by atoms with E-state index in [-0.39, 0.29) is 11.8 Å². The molecule has 0 aliphatic heterocycles. The smallest absolute Gasteiger partial charge is 0.244 e. The Hall–Kier alpha value is -2.21. The van der Waals surface area contributed by atoms with Crippen molar-refractivity contribution in [1.29, 1.82) is 0 Å². The highest BCUT2D eigenvalue weighted by Crippen LogP contribution is 2.36. The van der Waals surface area contributed by atoms with Crippen molar-refractivity contribution in [1.82, 2.24) is 10.6 Å². The summed E-state index contributed by atoms with van der Waals surface area (Å²) in [5.74, 6) is 0.344. The molecule has 2 N–H and O–H groups in total. The van der Waals surface area contributed by atoms with Crippen molar-refractivity contribution in [3.63, 3.8) is 0 Å². The van der Waals surface area contributed by atoms with Gasteiger partial charge < -0.3 is 20.1 Å². The highest BCUT2D eigenvalue weighted by molar-refractivity contribution is 6.32. The number of methoxy groups -OCH3 is 1. The van der Waals surface area contributed by atoms with Gasteiger partial charge in [0.15, 0.2) is 11.5 Å². The first-order chi connectivity index (χ1) is 11.4. The van der Waals surface area contributed by atoms with Crippen molar-refractivity contribution >= 4 is 29.5 Å². The van der Waals surface area contributed by atoms with Crippen LogP contribution < -0.4 is 20.1 Å². The molecule has 0 fully saturated rings. The summed E-state index contributed by atoms with van der Waals surface area (Å²) >= 11 is 6.18. The molecule has 7 heteroatoms. The second kappa shape index (κ2) is 9.82. The summed E-state index contributed by atoms with van der Waals surface area (Å²) in [5, 5.41) is 5.62. The highest BCUT2D eigenvalue weighted by Gasteiger charge is 2.13. The Bertz CT molecular complexity index is 617. The zero-order valence-corrected chi connectivity index (χ0v) is 15.1. The number of carbonyl (C=O) groups is 2. The first-order valence-electron chi connectivity index (χ1n) is 7.69. The Balaban J connectivity index is 2.81. The van der Waals surface area contributed by atoms with E-state index in [4.69, 9.17) is 21.1 Å². The number of rotatable bonds is 8. The van der Waals surface area contributed by atoms with Gasteiger partial charge >= 0.3 is 0 Å². The second-order valence-corrected chi connectivity index (χ2v) is 5.33. The third kappa shape index (κ3) is 5.77. The molecule has 6 nitrogen and oxygen atoms in total. The number of ether oxygens (including phenoxy) is 2. The summed E-state index contributed by atoms with van der Waals surface area (Å²) in [7, 11) is 1.52. The number of hydrogen-bond acceptors (Lipinski definition) is 4. The number of carbonyl (C=O) groups excluding carboxylic acids is 2. The maximum Gasteiger partial charge on any atom is 0.244 e. The van der Waals surface area contributed by atoms with E-state index in [0.29, 0.717) is 35.2 Å². The Morgan fingerprint density at radius 2 is 2.04 bits per heavy atom. The SMILES string of the molecule is CCNC(=O)[C@H](C)NC(=O)/C=C/c1cc(Cl)c(OCC)c(OC)c1. The summed E-state index contributed by atoms with van der Waals surface area (Å²) in [6.45, 7) is 6.26. The van der Waals surface area contributed by atoms with E-state index in [1.54, 1.807) is 25.1 Å². The minimum absolute atomic E-state index is 0.231. The molecule has 24 heavy (non-hydrogen) atoms. The van der Waals surface area contributed by atoms with E-state index in [1.807, 2.05) is 13.8 Å². The van der Waals surface area contributed by atoms with E-state index in [9.17, 15) is 9.59 Å². The lowest BCUT2D eigenvalue weighted by Gasteiger charge is -2.12. The Morgan fingerprint density at radius 1 is 1.33 bits per heavy atom. The molecule has 2 amide bonds. The van der Waals surface area contributed by atoms with Gasteiger partial charge in [0, 0.05) is 12.6 Å². The van der Waals surface area contributed by atoms with E-state index in [0.717, 1.165) is 0 Å². The van der Waals surface area contributed by atoms with Crippen molar-refractivity contribution in [3.05, 3.63) is 28.8 Å². The number of amides is 2.